The van der Waals surface area contributed by atoms with Gasteiger partial charge in [0.1, 0.15) is 4.88 Å². The Kier molecular flexibility index (Phi) is 3.81. The fraction of sp³-hybridized carbons (Fsp3) is 0.333. The number of aromatic carboxylic acids is 1. The first-order valence-corrected chi connectivity index (χ1v) is 7.15. The van der Waals surface area contributed by atoms with Crippen LogP contribution in [0.2, 0.25) is 0 Å². The molecule has 0 spiro atoms. The van der Waals surface area contributed by atoms with Crippen molar-refractivity contribution in [3.63, 3.8) is 0 Å². The van der Waals surface area contributed by atoms with E-state index in [1.807, 2.05) is 63.1 Å². The van der Waals surface area contributed by atoms with Crippen molar-refractivity contribution in [2.75, 3.05) is 11.9 Å². The summed E-state index contributed by atoms with van der Waals surface area (Å²) in [6, 6.07) is 9.78. The summed E-state index contributed by atoms with van der Waals surface area (Å²) in [7, 11) is 1.90. The van der Waals surface area contributed by atoms with E-state index in [0.29, 0.717) is 15.7 Å². The van der Waals surface area contributed by atoms with Crippen LogP contribution in [0, 0.1) is 0 Å². The minimum atomic E-state index is -0.917. The summed E-state index contributed by atoms with van der Waals surface area (Å²) in [5, 5.41) is 10.0. The van der Waals surface area contributed by atoms with Crippen LogP contribution in [0.3, 0.4) is 0 Å². The van der Waals surface area contributed by atoms with E-state index in [1.54, 1.807) is 0 Å². The molecule has 0 aliphatic carbocycles. The van der Waals surface area contributed by atoms with E-state index < -0.39 is 5.97 Å². The van der Waals surface area contributed by atoms with Crippen molar-refractivity contribution in [1.82, 2.24) is 4.98 Å². The van der Waals surface area contributed by atoms with E-state index in [2.05, 4.69) is 4.98 Å². The van der Waals surface area contributed by atoms with E-state index in [9.17, 15) is 9.90 Å². The lowest BCUT2D eigenvalue weighted by Gasteiger charge is -2.17. The highest BCUT2D eigenvalue weighted by Gasteiger charge is 2.28. The number of para-hydroxylation sites is 1. The van der Waals surface area contributed by atoms with Crippen molar-refractivity contribution in [3.05, 3.63) is 40.9 Å². The van der Waals surface area contributed by atoms with Crippen molar-refractivity contribution in [2.45, 2.75) is 26.2 Å². The van der Waals surface area contributed by atoms with Gasteiger partial charge in [-0.3, -0.25) is 0 Å². The third-order valence-electron chi connectivity index (χ3n) is 2.95. The predicted octanol–water partition coefficient (Wildman–Crippen LogP) is 3.91. The van der Waals surface area contributed by atoms with Crippen molar-refractivity contribution in [1.29, 1.82) is 0 Å². The van der Waals surface area contributed by atoms with E-state index in [4.69, 9.17) is 0 Å². The van der Waals surface area contributed by atoms with Crippen LogP contribution in [-0.4, -0.2) is 23.1 Å². The molecule has 2 aromatic rings. The molecular weight excluding hydrogens is 272 g/mol. The lowest BCUT2D eigenvalue weighted by molar-refractivity contribution is 0.0699. The van der Waals surface area contributed by atoms with E-state index in [1.165, 1.54) is 11.3 Å². The Hall–Kier alpha value is -1.88. The van der Waals surface area contributed by atoms with Gasteiger partial charge in [0, 0.05) is 18.2 Å². The van der Waals surface area contributed by atoms with Gasteiger partial charge in [-0.15, -0.1) is 0 Å². The van der Waals surface area contributed by atoms with Crippen molar-refractivity contribution in [2.24, 2.45) is 0 Å². The molecule has 1 aromatic heterocycles. The largest absolute Gasteiger partial charge is 0.477 e. The third-order valence-corrected chi connectivity index (χ3v) is 4.07. The molecule has 1 N–H and O–H groups in total. The Morgan fingerprint density at radius 1 is 1.25 bits per heavy atom. The minimum Gasteiger partial charge on any atom is -0.477 e. The standard InChI is InChI=1S/C15H18N2O2S/c1-15(2,3)12-11(13(18)19)20-14(16-12)17(4)10-8-6-5-7-9-10/h5-9H,1-4H3,(H,18,19). The van der Waals surface area contributed by atoms with Gasteiger partial charge in [0.15, 0.2) is 5.13 Å². The summed E-state index contributed by atoms with van der Waals surface area (Å²) in [5.41, 5.74) is 1.33. The van der Waals surface area contributed by atoms with Crippen LogP contribution in [0.25, 0.3) is 0 Å². The number of hydrogen-bond donors (Lipinski definition) is 1. The maximum atomic E-state index is 11.4. The molecule has 0 radical (unpaired) electrons. The molecule has 0 aliphatic rings. The molecule has 1 aromatic carbocycles. The van der Waals surface area contributed by atoms with Gasteiger partial charge in [-0.1, -0.05) is 50.3 Å². The number of carboxylic acids is 1. The SMILES string of the molecule is CN(c1ccccc1)c1nc(C(C)(C)C)c(C(=O)O)s1. The average Bonchev–Trinajstić information content (AvgIpc) is 2.84. The quantitative estimate of drug-likeness (QED) is 0.931. The second kappa shape index (κ2) is 5.25. The van der Waals surface area contributed by atoms with Gasteiger partial charge in [0.2, 0.25) is 0 Å². The first-order valence-electron chi connectivity index (χ1n) is 6.34. The summed E-state index contributed by atoms with van der Waals surface area (Å²) in [4.78, 5) is 18.2. The Balaban J connectivity index is 2.47. The van der Waals surface area contributed by atoms with Crippen molar-refractivity contribution < 1.29 is 9.90 Å². The summed E-state index contributed by atoms with van der Waals surface area (Å²) >= 11 is 1.21. The topological polar surface area (TPSA) is 53.4 Å². The smallest absolute Gasteiger partial charge is 0.347 e. The molecule has 0 saturated heterocycles. The van der Waals surface area contributed by atoms with E-state index in [0.717, 1.165) is 5.69 Å². The highest BCUT2D eigenvalue weighted by atomic mass is 32.1. The van der Waals surface area contributed by atoms with Gasteiger partial charge >= 0.3 is 5.97 Å². The number of thiazole rings is 1. The van der Waals surface area contributed by atoms with Gasteiger partial charge in [-0.25, -0.2) is 9.78 Å². The maximum Gasteiger partial charge on any atom is 0.347 e. The number of hydrogen-bond acceptors (Lipinski definition) is 4. The average molecular weight is 290 g/mol. The van der Waals surface area contributed by atoms with Crippen LogP contribution < -0.4 is 4.90 Å². The molecular formula is C15H18N2O2S. The molecule has 4 nitrogen and oxygen atoms in total. The Bertz CT molecular complexity index is 615. The van der Waals surface area contributed by atoms with Gasteiger partial charge in [0.05, 0.1) is 5.69 Å². The zero-order valence-electron chi connectivity index (χ0n) is 12.0. The van der Waals surface area contributed by atoms with Crippen LogP contribution in [-0.2, 0) is 5.41 Å². The van der Waals surface area contributed by atoms with Crippen molar-refractivity contribution >= 4 is 28.1 Å². The Morgan fingerprint density at radius 3 is 2.30 bits per heavy atom. The minimum absolute atomic E-state index is 0.292. The van der Waals surface area contributed by atoms with E-state index >= 15 is 0 Å². The maximum absolute atomic E-state index is 11.4. The molecule has 0 amide bonds. The van der Waals surface area contributed by atoms with Crippen LogP contribution >= 0.6 is 11.3 Å². The summed E-state index contributed by atoms with van der Waals surface area (Å²) in [6.07, 6.45) is 0. The van der Waals surface area contributed by atoms with Gasteiger partial charge in [0.25, 0.3) is 0 Å². The summed E-state index contributed by atoms with van der Waals surface area (Å²) in [6.45, 7) is 5.92. The molecule has 1 heterocycles. The Morgan fingerprint density at radius 2 is 1.85 bits per heavy atom. The molecule has 106 valence electrons. The molecule has 2 rings (SSSR count). The lowest BCUT2D eigenvalue weighted by Crippen LogP contribution is -2.16. The molecule has 0 saturated carbocycles. The van der Waals surface area contributed by atoms with E-state index in [-0.39, 0.29) is 5.41 Å². The summed E-state index contributed by atoms with van der Waals surface area (Å²) < 4.78 is 0. The number of benzene rings is 1. The number of carboxylic acid groups (broad SMARTS) is 1. The van der Waals surface area contributed by atoms with Gasteiger partial charge in [-0.2, -0.15) is 0 Å². The zero-order valence-corrected chi connectivity index (χ0v) is 12.9. The van der Waals surface area contributed by atoms with Crippen LogP contribution in [0.1, 0.15) is 36.1 Å². The molecule has 0 bridgehead atoms. The lowest BCUT2D eigenvalue weighted by atomic mass is 9.91. The molecule has 0 atom stereocenters. The fourth-order valence-corrected chi connectivity index (χ4v) is 2.97. The monoisotopic (exact) mass is 290 g/mol. The fourth-order valence-electron chi connectivity index (χ4n) is 1.87. The molecule has 0 unspecified atom stereocenters. The second-order valence-electron chi connectivity index (χ2n) is 5.62. The van der Waals surface area contributed by atoms with Gasteiger partial charge in [-0.05, 0) is 12.1 Å². The molecule has 0 fully saturated rings. The number of nitrogens with zero attached hydrogens (tertiary/aromatic N) is 2. The highest BCUT2D eigenvalue weighted by Crippen LogP contribution is 2.35. The van der Waals surface area contributed by atoms with Gasteiger partial charge < -0.3 is 10.0 Å². The number of anilines is 2. The zero-order chi connectivity index (χ0) is 14.9. The van der Waals surface area contributed by atoms with Crippen LogP contribution in [0.15, 0.2) is 30.3 Å². The number of aromatic nitrogens is 1. The highest BCUT2D eigenvalue weighted by molar-refractivity contribution is 7.17. The second-order valence-corrected chi connectivity index (χ2v) is 6.60. The molecule has 20 heavy (non-hydrogen) atoms. The summed E-state index contributed by atoms with van der Waals surface area (Å²) in [5.74, 6) is -0.917. The molecule has 5 heteroatoms. The third kappa shape index (κ3) is 2.82. The first kappa shape index (κ1) is 14.5. The van der Waals surface area contributed by atoms with Crippen molar-refractivity contribution in [3.8, 4) is 0 Å². The predicted molar refractivity (Wildman–Crippen MR) is 82.3 cm³/mol. The Labute approximate surface area is 122 Å². The number of carbonyl (C=O) groups is 1. The van der Waals surface area contributed by atoms with Crippen LogP contribution in [0.5, 0.6) is 0 Å². The molecule has 0 aliphatic heterocycles. The normalized spacial score (nSPS) is 11.4. The first-order chi connectivity index (χ1) is 9.30. The van der Waals surface area contributed by atoms with Crippen LogP contribution in [0.4, 0.5) is 10.8 Å². The number of rotatable bonds is 3.